The molecule has 12 heteroatoms. The van der Waals surface area contributed by atoms with Crippen molar-refractivity contribution in [2.24, 2.45) is 5.73 Å². The number of amidine groups is 1. The Hall–Kier alpha value is -4.19. The molecular formula is C26H31F3N8O. The molecule has 202 valence electrons. The number of nitrogens with two attached hydrogens (primary N) is 1. The van der Waals surface area contributed by atoms with Gasteiger partial charge in [0.15, 0.2) is 0 Å². The highest BCUT2D eigenvalue weighted by Gasteiger charge is 2.28. The normalized spacial score (nSPS) is 19.1. The first-order chi connectivity index (χ1) is 18.1. The summed E-state index contributed by atoms with van der Waals surface area (Å²) in [5.41, 5.74) is 9.50. The third kappa shape index (κ3) is 6.76. The van der Waals surface area contributed by atoms with E-state index >= 15 is 0 Å². The van der Waals surface area contributed by atoms with Crippen LogP contribution in [0.15, 0.2) is 78.1 Å². The number of benzene rings is 1. The van der Waals surface area contributed by atoms with E-state index in [0.717, 1.165) is 48.6 Å². The highest BCUT2D eigenvalue weighted by atomic mass is 19.4. The zero-order valence-corrected chi connectivity index (χ0v) is 20.9. The zero-order chi connectivity index (χ0) is 27.3. The van der Waals surface area contributed by atoms with Gasteiger partial charge in [0, 0.05) is 54.1 Å². The van der Waals surface area contributed by atoms with Crippen molar-refractivity contribution in [2.75, 3.05) is 32.0 Å². The van der Waals surface area contributed by atoms with Gasteiger partial charge in [-0.3, -0.25) is 5.41 Å². The molecule has 0 aromatic heterocycles. The second-order valence-corrected chi connectivity index (χ2v) is 9.07. The molecule has 3 heterocycles. The number of carbonyl (C=O) groups is 1. The molecule has 2 amide bonds. The van der Waals surface area contributed by atoms with Crippen molar-refractivity contribution < 1.29 is 18.0 Å². The van der Waals surface area contributed by atoms with Crippen LogP contribution in [0.4, 0.5) is 23.7 Å². The van der Waals surface area contributed by atoms with E-state index < -0.39 is 18.8 Å². The van der Waals surface area contributed by atoms with E-state index in [1.807, 2.05) is 41.3 Å². The van der Waals surface area contributed by atoms with Gasteiger partial charge in [-0.25, -0.2) is 4.79 Å². The van der Waals surface area contributed by atoms with Crippen molar-refractivity contribution in [3.8, 4) is 0 Å². The Morgan fingerprint density at radius 3 is 2.74 bits per heavy atom. The summed E-state index contributed by atoms with van der Waals surface area (Å²) in [4.78, 5) is 15.7. The molecule has 0 aliphatic carbocycles. The summed E-state index contributed by atoms with van der Waals surface area (Å²) < 4.78 is 37.0. The van der Waals surface area contributed by atoms with E-state index in [2.05, 4.69) is 16.0 Å². The number of urea groups is 1. The number of fused-ring (bicyclic) bond motifs is 1. The van der Waals surface area contributed by atoms with Crippen molar-refractivity contribution in [2.45, 2.75) is 25.1 Å². The van der Waals surface area contributed by atoms with Crippen molar-refractivity contribution in [1.29, 1.82) is 5.41 Å². The van der Waals surface area contributed by atoms with Crippen LogP contribution in [0, 0.1) is 5.41 Å². The van der Waals surface area contributed by atoms with Gasteiger partial charge in [-0.1, -0.05) is 12.1 Å². The molecule has 7 N–H and O–H groups in total. The fourth-order valence-corrected chi connectivity index (χ4v) is 4.33. The third-order valence-electron chi connectivity index (χ3n) is 6.43. The molecular weight excluding hydrogens is 497 g/mol. The first-order valence-corrected chi connectivity index (χ1v) is 12.2. The number of amides is 2. The number of anilines is 1. The second kappa shape index (κ2) is 11.5. The number of nitrogens with one attached hydrogen (secondary N) is 5. The van der Waals surface area contributed by atoms with Crippen LogP contribution in [0.1, 0.15) is 18.4 Å². The average molecular weight is 529 g/mol. The molecule has 0 radical (unpaired) electrons. The summed E-state index contributed by atoms with van der Waals surface area (Å²) in [5.74, 6) is 1.19. The lowest BCUT2D eigenvalue weighted by Gasteiger charge is -2.32. The Bertz CT molecular complexity index is 1220. The van der Waals surface area contributed by atoms with Crippen LogP contribution in [0.2, 0.25) is 0 Å². The van der Waals surface area contributed by atoms with Crippen molar-refractivity contribution in [1.82, 2.24) is 25.8 Å². The Morgan fingerprint density at radius 2 is 2.03 bits per heavy atom. The third-order valence-corrected chi connectivity index (χ3v) is 6.43. The van der Waals surface area contributed by atoms with E-state index in [9.17, 15) is 18.0 Å². The number of hydrogen-bond acceptors (Lipinski definition) is 6. The average Bonchev–Trinajstić information content (AvgIpc) is 3.33. The summed E-state index contributed by atoms with van der Waals surface area (Å²) in [6.45, 7) is 0.250. The van der Waals surface area contributed by atoms with E-state index in [0.29, 0.717) is 23.3 Å². The summed E-state index contributed by atoms with van der Waals surface area (Å²) in [5, 5.41) is 19.0. The van der Waals surface area contributed by atoms with E-state index in [1.54, 1.807) is 41.9 Å². The molecule has 0 saturated carbocycles. The van der Waals surface area contributed by atoms with Gasteiger partial charge in [0.05, 0.1) is 5.70 Å². The first-order valence-electron chi connectivity index (χ1n) is 12.2. The molecule has 0 atom stereocenters. The molecule has 0 unspecified atom stereocenters. The van der Waals surface area contributed by atoms with Crippen LogP contribution in [-0.2, 0) is 0 Å². The Labute approximate surface area is 219 Å². The number of allylic oxidation sites excluding steroid dienone is 4. The van der Waals surface area contributed by atoms with E-state index in [4.69, 9.17) is 11.1 Å². The van der Waals surface area contributed by atoms with Crippen molar-refractivity contribution in [3.63, 3.8) is 0 Å². The number of nitrogens with zero attached hydrogens (tertiary/aromatic N) is 2. The molecule has 3 aliphatic heterocycles. The Kier molecular flexibility index (Phi) is 8.10. The highest BCUT2D eigenvalue weighted by molar-refractivity contribution is 5.91. The monoisotopic (exact) mass is 528 g/mol. The first kappa shape index (κ1) is 26.9. The van der Waals surface area contributed by atoms with Gasteiger partial charge >= 0.3 is 12.2 Å². The van der Waals surface area contributed by atoms with Gasteiger partial charge in [0.1, 0.15) is 18.2 Å². The van der Waals surface area contributed by atoms with Crippen molar-refractivity contribution in [3.05, 3.63) is 83.6 Å². The molecule has 1 aromatic rings. The molecule has 1 fully saturated rings. The van der Waals surface area contributed by atoms with Crippen LogP contribution in [0.5, 0.6) is 0 Å². The topological polar surface area (TPSA) is 122 Å². The van der Waals surface area contributed by atoms with Crippen molar-refractivity contribution >= 4 is 23.3 Å². The zero-order valence-electron chi connectivity index (χ0n) is 20.9. The van der Waals surface area contributed by atoms with Crippen LogP contribution in [0.25, 0.3) is 5.70 Å². The Balaban J connectivity index is 1.38. The lowest BCUT2D eigenvalue weighted by atomic mass is 10.1. The quantitative estimate of drug-likeness (QED) is 0.249. The molecule has 1 aromatic carbocycles. The lowest BCUT2D eigenvalue weighted by Crippen LogP contribution is -2.43. The summed E-state index contributed by atoms with van der Waals surface area (Å²) in [7, 11) is 1.96. The van der Waals surface area contributed by atoms with Gasteiger partial charge in [0.25, 0.3) is 0 Å². The number of alkyl halides is 3. The fourth-order valence-electron chi connectivity index (χ4n) is 4.33. The van der Waals surface area contributed by atoms with E-state index in [-0.39, 0.29) is 0 Å². The molecule has 4 rings (SSSR count). The SMILES string of the molecule is CNC1CCN(C(=N)C=CC(N)=C2C=CN3C(=C2)NC=C3c2cccc(NC(=O)NCC(F)(F)F)c2)CC1. The maximum absolute atomic E-state index is 12.3. The molecule has 0 bridgehead atoms. The summed E-state index contributed by atoms with van der Waals surface area (Å²) in [6.07, 6.45) is 8.35. The number of rotatable bonds is 6. The van der Waals surface area contributed by atoms with Gasteiger partial charge < -0.3 is 36.8 Å². The number of piperidine rings is 1. The minimum atomic E-state index is -4.49. The summed E-state index contributed by atoms with van der Waals surface area (Å²) in [6, 6.07) is 6.36. The van der Waals surface area contributed by atoms with Crippen LogP contribution < -0.4 is 27.0 Å². The number of carbonyl (C=O) groups excluding carboxylic acids is 1. The number of hydrogen-bond donors (Lipinski definition) is 6. The maximum Gasteiger partial charge on any atom is 0.405 e. The fraction of sp³-hybridized carbons (Fsp3) is 0.308. The van der Waals surface area contributed by atoms with Gasteiger partial charge in [-0.2, -0.15) is 13.2 Å². The van der Waals surface area contributed by atoms with Crippen LogP contribution in [-0.4, -0.2) is 60.6 Å². The lowest BCUT2D eigenvalue weighted by molar-refractivity contribution is -0.122. The molecule has 38 heavy (non-hydrogen) atoms. The molecule has 3 aliphatic rings. The van der Waals surface area contributed by atoms with Crippen LogP contribution in [0.3, 0.4) is 0 Å². The standard InChI is InChI=1S/C26H31F3N8O/c1-32-19-8-10-36(11-9-19)23(31)6-5-21(30)17-7-12-37-22(15-33-24(37)14-17)18-3-2-4-20(13-18)35-25(38)34-16-26(27,28)29/h2-7,12-15,19,31-33H,8-11,16,30H2,1H3,(H2,34,35,38). The summed E-state index contributed by atoms with van der Waals surface area (Å²) >= 11 is 0. The van der Waals surface area contributed by atoms with Gasteiger partial charge in [-0.15, -0.1) is 0 Å². The largest absolute Gasteiger partial charge is 0.405 e. The smallest absolute Gasteiger partial charge is 0.398 e. The van der Waals surface area contributed by atoms with Crippen LogP contribution >= 0.6 is 0 Å². The predicted octanol–water partition coefficient (Wildman–Crippen LogP) is 3.37. The van der Waals surface area contributed by atoms with Gasteiger partial charge in [0.2, 0.25) is 0 Å². The second-order valence-electron chi connectivity index (χ2n) is 9.07. The molecule has 9 nitrogen and oxygen atoms in total. The van der Waals surface area contributed by atoms with Gasteiger partial charge in [-0.05, 0) is 56.3 Å². The predicted molar refractivity (Wildman–Crippen MR) is 141 cm³/mol. The minimum absolute atomic E-state index is 0.356. The minimum Gasteiger partial charge on any atom is -0.398 e. The highest BCUT2D eigenvalue weighted by Crippen LogP contribution is 2.32. The molecule has 0 spiro atoms. The Morgan fingerprint density at radius 1 is 1.26 bits per heavy atom. The maximum atomic E-state index is 12.3. The van der Waals surface area contributed by atoms with E-state index in [1.165, 1.54) is 0 Å². The molecule has 1 saturated heterocycles. The number of likely N-dealkylation sites (tertiary alicyclic amines) is 1. The number of halogens is 3.